The Morgan fingerprint density at radius 2 is 2.39 bits per heavy atom. The molecule has 2 N–H and O–H groups in total. The van der Waals surface area contributed by atoms with Crippen LogP contribution in [0.3, 0.4) is 0 Å². The summed E-state index contributed by atoms with van der Waals surface area (Å²) in [4.78, 5) is 4.24. The summed E-state index contributed by atoms with van der Waals surface area (Å²) in [6.07, 6.45) is 4.33. The van der Waals surface area contributed by atoms with E-state index in [9.17, 15) is 0 Å². The molecule has 0 saturated carbocycles. The lowest BCUT2D eigenvalue weighted by atomic mass is 10.2. The first-order valence-electron chi connectivity index (χ1n) is 6.43. The Morgan fingerprint density at radius 3 is 3.06 bits per heavy atom. The van der Waals surface area contributed by atoms with Crippen LogP contribution in [-0.2, 0) is 4.74 Å². The molecule has 0 spiro atoms. The summed E-state index contributed by atoms with van der Waals surface area (Å²) in [5.41, 5.74) is 1.03. The van der Waals surface area contributed by atoms with Crippen LogP contribution >= 0.6 is 0 Å². The summed E-state index contributed by atoms with van der Waals surface area (Å²) >= 11 is 0. The minimum absolute atomic E-state index is 0.530. The highest BCUT2D eigenvalue weighted by atomic mass is 16.5. The zero-order valence-corrected chi connectivity index (χ0v) is 10.8. The number of pyridine rings is 1. The van der Waals surface area contributed by atoms with Gasteiger partial charge in [0.05, 0.1) is 18.5 Å². The Hall–Kier alpha value is -1.33. The van der Waals surface area contributed by atoms with Gasteiger partial charge in [-0.15, -0.1) is 0 Å². The van der Waals surface area contributed by atoms with Gasteiger partial charge >= 0.3 is 0 Å². The van der Waals surface area contributed by atoms with Crippen molar-refractivity contribution in [3.8, 4) is 5.88 Å². The zero-order valence-electron chi connectivity index (χ0n) is 10.8. The van der Waals surface area contributed by atoms with Gasteiger partial charge in [-0.25, -0.2) is 4.98 Å². The maximum atomic E-state index is 5.40. The quantitative estimate of drug-likeness (QED) is 0.715. The molecule has 1 unspecified atom stereocenters. The van der Waals surface area contributed by atoms with E-state index >= 15 is 0 Å². The highest BCUT2D eigenvalue weighted by molar-refractivity contribution is 5.42. The van der Waals surface area contributed by atoms with Crippen molar-refractivity contribution in [3.05, 3.63) is 18.3 Å². The number of hydrogen-bond acceptors (Lipinski definition) is 5. The van der Waals surface area contributed by atoms with Crippen LogP contribution in [0.4, 0.5) is 5.69 Å². The number of aromatic nitrogens is 1. The number of hydrogen-bond donors (Lipinski definition) is 2. The fourth-order valence-corrected chi connectivity index (χ4v) is 1.97. The monoisotopic (exact) mass is 251 g/mol. The number of ether oxygens (including phenoxy) is 2. The number of anilines is 1. The van der Waals surface area contributed by atoms with Gasteiger partial charge < -0.3 is 20.1 Å². The van der Waals surface area contributed by atoms with E-state index in [2.05, 4.69) is 15.6 Å². The molecule has 2 rings (SSSR count). The first kappa shape index (κ1) is 13.1. The van der Waals surface area contributed by atoms with Crippen LogP contribution in [0.5, 0.6) is 5.88 Å². The van der Waals surface area contributed by atoms with Gasteiger partial charge in [0.2, 0.25) is 5.88 Å². The van der Waals surface area contributed by atoms with Crippen molar-refractivity contribution >= 4 is 5.69 Å². The van der Waals surface area contributed by atoms with E-state index in [1.165, 1.54) is 12.8 Å². The minimum atomic E-state index is 0.530. The van der Waals surface area contributed by atoms with Crippen molar-refractivity contribution in [1.82, 2.24) is 10.3 Å². The summed E-state index contributed by atoms with van der Waals surface area (Å²) in [6, 6.07) is 4.45. The third-order valence-corrected chi connectivity index (χ3v) is 2.99. The van der Waals surface area contributed by atoms with Crippen LogP contribution in [0.25, 0.3) is 0 Å². The Morgan fingerprint density at radius 1 is 1.44 bits per heavy atom. The van der Waals surface area contributed by atoms with Crippen molar-refractivity contribution in [2.75, 3.05) is 38.7 Å². The fraction of sp³-hybridized carbons (Fsp3) is 0.615. The molecule has 0 amide bonds. The summed E-state index contributed by atoms with van der Waals surface area (Å²) in [5.74, 6) is 0.636. The summed E-state index contributed by atoms with van der Waals surface area (Å²) < 4.78 is 10.3. The van der Waals surface area contributed by atoms with Crippen molar-refractivity contribution in [2.24, 2.45) is 0 Å². The van der Waals surface area contributed by atoms with Crippen LogP contribution in [0, 0.1) is 0 Å². The number of methoxy groups -OCH3 is 1. The van der Waals surface area contributed by atoms with Gasteiger partial charge in [-0.1, -0.05) is 0 Å². The van der Waals surface area contributed by atoms with Gasteiger partial charge in [0, 0.05) is 25.8 Å². The summed E-state index contributed by atoms with van der Waals surface area (Å²) in [6.45, 7) is 3.19. The molecule has 0 bridgehead atoms. The van der Waals surface area contributed by atoms with E-state index in [1.807, 2.05) is 12.1 Å². The second-order valence-corrected chi connectivity index (χ2v) is 4.40. The molecule has 18 heavy (non-hydrogen) atoms. The Balaban J connectivity index is 1.72. The predicted octanol–water partition coefficient (Wildman–Crippen LogP) is 1.27. The first-order valence-corrected chi connectivity index (χ1v) is 6.43. The first-order chi connectivity index (χ1) is 8.88. The molecule has 0 aromatic carbocycles. The number of rotatable bonds is 7. The van der Waals surface area contributed by atoms with E-state index in [-0.39, 0.29) is 0 Å². The predicted molar refractivity (Wildman–Crippen MR) is 71.1 cm³/mol. The van der Waals surface area contributed by atoms with Crippen LogP contribution in [0.15, 0.2) is 18.3 Å². The van der Waals surface area contributed by atoms with Crippen LogP contribution in [0.1, 0.15) is 12.8 Å². The standard InChI is InChI=1S/C13H21N3O2/c1-17-7-8-18-13-5-4-12(10-16-13)15-9-11-3-2-6-14-11/h4-5,10-11,14-15H,2-3,6-9H2,1H3. The summed E-state index contributed by atoms with van der Waals surface area (Å²) in [7, 11) is 1.65. The Kier molecular flexibility index (Phi) is 5.23. The van der Waals surface area contributed by atoms with Crippen molar-refractivity contribution < 1.29 is 9.47 Å². The highest BCUT2D eigenvalue weighted by Gasteiger charge is 2.12. The van der Waals surface area contributed by atoms with Gasteiger partial charge in [-0.3, -0.25) is 0 Å². The van der Waals surface area contributed by atoms with Gasteiger partial charge in [0.15, 0.2) is 0 Å². The molecule has 5 heteroatoms. The molecule has 1 aliphatic heterocycles. The molecule has 1 aromatic heterocycles. The van der Waals surface area contributed by atoms with Crippen LogP contribution in [-0.4, -0.2) is 44.4 Å². The van der Waals surface area contributed by atoms with Crippen molar-refractivity contribution in [3.63, 3.8) is 0 Å². The molecule has 0 radical (unpaired) electrons. The molecule has 1 aromatic rings. The normalized spacial score (nSPS) is 18.8. The lowest BCUT2D eigenvalue weighted by Crippen LogP contribution is -2.29. The molecular weight excluding hydrogens is 230 g/mol. The maximum Gasteiger partial charge on any atom is 0.213 e. The lowest BCUT2D eigenvalue weighted by molar-refractivity contribution is 0.144. The Bertz CT molecular complexity index is 337. The fourth-order valence-electron chi connectivity index (χ4n) is 1.97. The van der Waals surface area contributed by atoms with Gasteiger partial charge in [-0.05, 0) is 25.5 Å². The molecule has 100 valence electrons. The lowest BCUT2D eigenvalue weighted by Gasteiger charge is -2.12. The van der Waals surface area contributed by atoms with E-state index in [4.69, 9.17) is 9.47 Å². The minimum Gasteiger partial charge on any atom is -0.475 e. The smallest absolute Gasteiger partial charge is 0.213 e. The SMILES string of the molecule is COCCOc1ccc(NCC2CCCN2)cn1. The molecule has 2 heterocycles. The zero-order chi connectivity index (χ0) is 12.6. The molecule has 1 atom stereocenters. The van der Waals surface area contributed by atoms with Crippen molar-refractivity contribution in [2.45, 2.75) is 18.9 Å². The molecule has 1 saturated heterocycles. The highest BCUT2D eigenvalue weighted by Crippen LogP contribution is 2.12. The third-order valence-electron chi connectivity index (χ3n) is 2.99. The summed E-state index contributed by atoms with van der Waals surface area (Å²) in [5, 5.41) is 6.83. The molecular formula is C13H21N3O2. The van der Waals surface area contributed by atoms with Gasteiger partial charge in [-0.2, -0.15) is 0 Å². The average molecular weight is 251 g/mol. The van der Waals surface area contributed by atoms with Crippen LogP contribution < -0.4 is 15.4 Å². The average Bonchev–Trinajstić information content (AvgIpc) is 2.91. The Labute approximate surface area is 108 Å². The molecule has 1 aliphatic rings. The molecule has 5 nitrogen and oxygen atoms in total. The van der Waals surface area contributed by atoms with E-state index < -0.39 is 0 Å². The third kappa shape index (κ3) is 4.16. The van der Waals surface area contributed by atoms with E-state index in [1.54, 1.807) is 13.3 Å². The second kappa shape index (κ2) is 7.18. The second-order valence-electron chi connectivity index (χ2n) is 4.40. The molecule has 1 fully saturated rings. The van der Waals surface area contributed by atoms with Gasteiger partial charge in [0.1, 0.15) is 6.61 Å². The van der Waals surface area contributed by atoms with Gasteiger partial charge in [0.25, 0.3) is 0 Å². The van der Waals surface area contributed by atoms with Crippen LogP contribution in [0.2, 0.25) is 0 Å². The van der Waals surface area contributed by atoms with Crippen molar-refractivity contribution in [1.29, 1.82) is 0 Å². The van der Waals surface area contributed by atoms with E-state index in [0.29, 0.717) is 25.1 Å². The topological polar surface area (TPSA) is 55.4 Å². The molecule has 0 aliphatic carbocycles. The number of nitrogens with one attached hydrogen (secondary N) is 2. The largest absolute Gasteiger partial charge is 0.475 e. The number of nitrogens with zero attached hydrogens (tertiary/aromatic N) is 1. The van der Waals surface area contributed by atoms with E-state index in [0.717, 1.165) is 18.8 Å². The maximum absolute atomic E-state index is 5.40.